The maximum atomic E-state index is 13.3. The van der Waals surface area contributed by atoms with Crippen molar-refractivity contribution >= 4 is 39.5 Å². The lowest BCUT2D eigenvalue weighted by atomic mass is 10.1. The summed E-state index contributed by atoms with van der Waals surface area (Å²) < 4.78 is 2.74. The average molecular weight is 452 g/mol. The first-order chi connectivity index (χ1) is 15.1. The molecule has 0 aliphatic rings. The van der Waals surface area contributed by atoms with E-state index in [1.54, 1.807) is 10.9 Å². The molecular weight excluding hydrogens is 432 g/mol. The fraction of sp³-hybridized carbons (Fsp3) is 0.238. The lowest BCUT2D eigenvalue weighted by Crippen LogP contribution is -2.33. The molecule has 0 saturated heterocycles. The Morgan fingerprint density at radius 3 is 2.69 bits per heavy atom. The zero-order chi connectivity index (χ0) is 23.0. The molecule has 0 saturated carbocycles. The minimum atomic E-state index is -0.545. The highest BCUT2D eigenvalue weighted by Crippen LogP contribution is 2.30. The van der Waals surface area contributed by atoms with Crippen LogP contribution in [-0.4, -0.2) is 30.4 Å². The smallest absolute Gasteiger partial charge is 0.293 e. The van der Waals surface area contributed by atoms with E-state index >= 15 is 0 Å². The van der Waals surface area contributed by atoms with Crippen molar-refractivity contribution < 1.29 is 9.72 Å². The Labute approximate surface area is 186 Å². The van der Waals surface area contributed by atoms with Gasteiger partial charge in [0.05, 0.1) is 26.9 Å². The summed E-state index contributed by atoms with van der Waals surface area (Å²) in [4.78, 5) is 37.2. The molecule has 164 valence electrons. The van der Waals surface area contributed by atoms with Crippen molar-refractivity contribution in [3.05, 3.63) is 68.4 Å². The van der Waals surface area contributed by atoms with Crippen LogP contribution in [0.2, 0.25) is 0 Å². The van der Waals surface area contributed by atoms with E-state index in [0.717, 1.165) is 9.56 Å². The second kappa shape index (κ2) is 8.00. The van der Waals surface area contributed by atoms with Crippen LogP contribution in [0, 0.1) is 10.1 Å². The molecular formula is C21H20N6O4S. The zero-order valence-electron chi connectivity index (χ0n) is 17.6. The SMILES string of the molecule is CC(C)(C)n1ncc2c(-c3cccs3)nn(CC(=O)Nc3cccc([N+](=O)[O-])c3)c(=O)c21. The molecule has 0 atom stereocenters. The van der Waals surface area contributed by atoms with Crippen molar-refractivity contribution in [3.8, 4) is 10.6 Å². The van der Waals surface area contributed by atoms with Crippen molar-refractivity contribution in [1.82, 2.24) is 19.6 Å². The van der Waals surface area contributed by atoms with Crippen molar-refractivity contribution in [2.75, 3.05) is 5.32 Å². The molecule has 10 nitrogen and oxygen atoms in total. The van der Waals surface area contributed by atoms with Crippen LogP contribution in [0.1, 0.15) is 20.8 Å². The second-order valence-corrected chi connectivity index (χ2v) is 9.08. The second-order valence-electron chi connectivity index (χ2n) is 8.13. The van der Waals surface area contributed by atoms with Crippen molar-refractivity contribution in [1.29, 1.82) is 0 Å². The summed E-state index contributed by atoms with van der Waals surface area (Å²) in [6.07, 6.45) is 1.62. The first kappa shape index (κ1) is 21.4. The molecule has 3 heterocycles. The Balaban J connectivity index is 1.76. The Morgan fingerprint density at radius 1 is 1.25 bits per heavy atom. The molecule has 0 bridgehead atoms. The van der Waals surface area contributed by atoms with E-state index in [4.69, 9.17) is 0 Å². The van der Waals surface area contributed by atoms with Crippen LogP contribution >= 0.6 is 11.3 Å². The molecule has 3 aromatic heterocycles. The van der Waals surface area contributed by atoms with Gasteiger partial charge < -0.3 is 5.32 Å². The predicted octanol–water partition coefficient (Wildman–Crippen LogP) is 3.62. The monoisotopic (exact) mass is 452 g/mol. The maximum Gasteiger partial charge on any atom is 0.293 e. The largest absolute Gasteiger partial charge is 0.324 e. The Kier molecular flexibility index (Phi) is 5.35. The van der Waals surface area contributed by atoms with E-state index in [0.29, 0.717) is 16.6 Å². The van der Waals surface area contributed by atoms with Gasteiger partial charge in [-0.3, -0.25) is 24.4 Å². The number of carbonyl (C=O) groups excluding carboxylic acids is 1. The molecule has 0 radical (unpaired) electrons. The predicted molar refractivity (Wildman–Crippen MR) is 122 cm³/mol. The standard InChI is InChI=1S/C21H20N6O4S/c1-21(2,3)26-19-15(11-22-26)18(16-8-5-9-32-16)24-25(20(19)29)12-17(28)23-13-6-4-7-14(10-13)27(30)31/h4-11H,12H2,1-3H3,(H,23,28). The minimum absolute atomic E-state index is 0.145. The van der Waals surface area contributed by atoms with Gasteiger partial charge in [-0.05, 0) is 38.3 Å². The number of aromatic nitrogens is 4. The van der Waals surface area contributed by atoms with Gasteiger partial charge in [0.25, 0.3) is 11.2 Å². The summed E-state index contributed by atoms with van der Waals surface area (Å²) >= 11 is 1.47. The van der Waals surface area contributed by atoms with Gasteiger partial charge in [-0.25, -0.2) is 4.68 Å². The fourth-order valence-corrected chi connectivity index (χ4v) is 4.04. The Morgan fingerprint density at radius 2 is 2.03 bits per heavy atom. The number of hydrogen-bond donors (Lipinski definition) is 1. The number of rotatable bonds is 5. The number of nitrogens with one attached hydrogen (secondary N) is 1. The molecule has 1 aromatic carbocycles. The van der Waals surface area contributed by atoms with Crippen molar-refractivity contribution in [2.24, 2.45) is 0 Å². The normalized spacial score (nSPS) is 11.6. The highest BCUT2D eigenvalue weighted by Gasteiger charge is 2.24. The summed E-state index contributed by atoms with van der Waals surface area (Å²) in [6.45, 7) is 5.45. The number of nitro groups is 1. The lowest BCUT2D eigenvalue weighted by molar-refractivity contribution is -0.384. The first-order valence-electron chi connectivity index (χ1n) is 9.72. The van der Waals surface area contributed by atoms with Gasteiger partial charge in [0.15, 0.2) is 0 Å². The molecule has 0 spiro atoms. The van der Waals surface area contributed by atoms with Crippen LogP contribution in [0.3, 0.4) is 0 Å². The molecule has 4 rings (SSSR count). The van der Waals surface area contributed by atoms with E-state index in [9.17, 15) is 19.7 Å². The number of benzene rings is 1. The summed E-state index contributed by atoms with van der Waals surface area (Å²) in [6, 6.07) is 9.36. The quantitative estimate of drug-likeness (QED) is 0.364. The molecule has 1 N–H and O–H groups in total. The molecule has 11 heteroatoms. The zero-order valence-corrected chi connectivity index (χ0v) is 18.4. The van der Waals surface area contributed by atoms with Crippen LogP contribution < -0.4 is 10.9 Å². The topological polar surface area (TPSA) is 125 Å². The molecule has 32 heavy (non-hydrogen) atoms. The van der Waals surface area contributed by atoms with Gasteiger partial charge in [0, 0.05) is 17.8 Å². The Bertz CT molecular complexity index is 1380. The lowest BCUT2D eigenvalue weighted by Gasteiger charge is -2.20. The third-order valence-electron chi connectivity index (χ3n) is 4.71. The van der Waals surface area contributed by atoms with Gasteiger partial charge in [0.1, 0.15) is 17.8 Å². The maximum absolute atomic E-state index is 13.3. The number of amides is 1. The van der Waals surface area contributed by atoms with Gasteiger partial charge in [0.2, 0.25) is 5.91 Å². The van der Waals surface area contributed by atoms with Gasteiger partial charge in [-0.2, -0.15) is 10.2 Å². The van der Waals surface area contributed by atoms with Crippen LogP contribution in [0.5, 0.6) is 0 Å². The summed E-state index contributed by atoms with van der Waals surface area (Å²) in [5.41, 5.74) is 0.136. The molecule has 0 fully saturated rings. The highest BCUT2D eigenvalue weighted by molar-refractivity contribution is 7.13. The molecule has 4 aromatic rings. The van der Waals surface area contributed by atoms with E-state index in [1.807, 2.05) is 38.3 Å². The number of thiophene rings is 1. The average Bonchev–Trinajstić information content (AvgIpc) is 3.40. The molecule has 0 aliphatic heterocycles. The van der Waals surface area contributed by atoms with E-state index in [-0.39, 0.29) is 17.9 Å². The van der Waals surface area contributed by atoms with Gasteiger partial charge in [-0.15, -0.1) is 11.3 Å². The number of non-ortho nitro benzene ring substituents is 1. The van der Waals surface area contributed by atoms with Crippen LogP contribution in [0.25, 0.3) is 21.5 Å². The number of carbonyl (C=O) groups is 1. The van der Waals surface area contributed by atoms with Crippen LogP contribution in [0.4, 0.5) is 11.4 Å². The number of fused-ring (bicyclic) bond motifs is 1. The molecule has 1 amide bonds. The van der Waals surface area contributed by atoms with E-state index in [2.05, 4.69) is 15.5 Å². The highest BCUT2D eigenvalue weighted by atomic mass is 32.1. The summed E-state index contributed by atoms with van der Waals surface area (Å²) in [5, 5.41) is 24.9. The van der Waals surface area contributed by atoms with Crippen LogP contribution in [-0.2, 0) is 16.9 Å². The van der Waals surface area contributed by atoms with Crippen molar-refractivity contribution in [2.45, 2.75) is 32.9 Å². The number of hydrogen-bond acceptors (Lipinski definition) is 7. The van der Waals surface area contributed by atoms with E-state index in [1.165, 1.54) is 35.6 Å². The third-order valence-corrected chi connectivity index (χ3v) is 5.58. The number of nitrogens with zero attached hydrogens (tertiary/aromatic N) is 5. The minimum Gasteiger partial charge on any atom is -0.324 e. The van der Waals surface area contributed by atoms with Crippen molar-refractivity contribution in [3.63, 3.8) is 0 Å². The van der Waals surface area contributed by atoms with E-state index < -0.39 is 21.9 Å². The van der Waals surface area contributed by atoms with Gasteiger partial charge >= 0.3 is 0 Å². The van der Waals surface area contributed by atoms with Gasteiger partial charge in [-0.1, -0.05) is 12.1 Å². The summed E-state index contributed by atoms with van der Waals surface area (Å²) in [5.74, 6) is -0.529. The molecule has 0 unspecified atom stereocenters. The first-order valence-corrected chi connectivity index (χ1v) is 10.6. The summed E-state index contributed by atoms with van der Waals surface area (Å²) in [7, 11) is 0. The third kappa shape index (κ3) is 4.02. The number of nitro benzene ring substituents is 1. The van der Waals surface area contributed by atoms with Crippen LogP contribution in [0.15, 0.2) is 52.8 Å². The Hall–Kier alpha value is -3.86. The molecule has 0 aliphatic carbocycles. The number of anilines is 1. The fourth-order valence-electron chi connectivity index (χ4n) is 3.31.